The fraction of sp³-hybridized carbons (Fsp3) is 0.174. The number of aromatic nitrogens is 3. The Balaban J connectivity index is 1.65. The number of para-hydroxylation sites is 1. The van der Waals surface area contributed by atoms with Crippen LogP contribution < -0.4 is 5.56 Å². The Bertz CT molecular complexity index is 1640. The number of sulfonamides is 1. The van der Waals surface area contributed by atoms with Gasteiger partial charge in [-0.25, -0.2) is 8.42 Å². The molecule has 0 saturated heterocycles. The summed E-state index contributed by atoms with van der Waals surface area (Å²) in [7, 11) is -3.99. The molecule has 1 N–H and O–H groups in total. The molecule has 0 saturated carbocycles. The van der Waals surface area contributed by atoms with Gasteiger partial charge in [-0.3, -0.25) is 4.79 Å². The Morgan fingerprint density at radius 3 is 2.64 bits per heavy atom. The molecule has 33 heavy (non-hydrogen) atoms. The van der Waals surface area contributed by atoms with Crippen molar-refractivity contribution in [3.63, 3.8) is 0 Å². The van der Waals surface area contributed by atoms with Crippen LogP contribution in [0.15, 0.2) is 63.6 Å². The van der Waals surface area contributed by atoms with Crippen LogP contribution in [0.1, 0.15) is 21.6 Å². The number of hydrogen-bond acceptors (Lipinski definition) is 7. The summed E-state index contributed by atoms with van der Waals surface area (Å²) < 4.78 is 37.8. The summed E-state index contributed by atoms with van der Waals surface area (Å²) in [6.07, 6.45) is 0. The van der Waals surface area contributed by atoms with E-state index in [1.165, 1.54) is 15.6 Å². The second-order valence-corrected chi connectivity index (χ2v) is 11.3. The smallest absolute Gasteiger partial charge is 0.252 e. The summed E-state index contributed by atoms with van der Waals surface area (Å²) in [5.74, 6) is 0. The number of pyridine rings is 1. The monoisotopic (exact) mass is 496 g/mol. The predicted octanol–water partition coefficient (Wildman–Crippen LogP) is 4.60. The summed E-state index contributed by atoms with van der Waals surface area (Å²) in [5, 5.41) is 2.77. The molecule has 10 heteroatoms. The SMILES string of the molecule is Cc1ccc2nsnc2c1S(=O)(=O)N(Cc1cccs1)Cc1cc2cccc(C)c2[nH]c1=O. The first-order chi connectivity index (χ1) is 15.8. The topological polar surface area (TPSA) is 96.0 Å². The minimum Gasteiger partial charge on any atom is -0.321 e. The van der Waals surface area contributed by atoms with Crippen molar-refractivity contribution in [2.45, 2.75) is 31.8 Å². The van der Waals surface area contributed by atoms with Gasteiger partial charge in [-0.15, -0.1) is 11.3 Å². The van der Waals surface area contributed by atoms with Crippen LogP contribution in [0.5, 0.6) is 0 Å². The van der Waals surface area contributed by atoms with Gasteiger partial charge >= 0.3 is 0 Å². The number of H-pyrrole nitrogens is 1. The summed E-state index contributed by atoms with van der Waals surface area (Å²) in [5.41, 5.74) is 3.29. The fourth-order valence-corrected chi connectivity index (χ4v) is 7.07. The summed E-state index contributed by atoms with van der Waals surface area (Å²) in [6, 6.07) is 14.8. The van der Waals surface area contributed by atoms with Gasteiger partial charge in [0, 0.05) is 23.5 Å². The van der Waals surface area contributed by atoms with Crippen molar-refractivity contribution in [3.05, 3.63) is 85.8 Å². The van der Waals surface area contributed by atoms with Gasteiger partial charge < -0.3 is 4.98 Å². The van der Waals surface area contributed by atoms with Crippen LogP contribution in [0.4, 0.5) is 0 Å². The molecule has 7 nitrogen and oxygen atoms in total. The van der Waals surface area contributed by atoms with Crippen LogP contribution in [-0.4, -0.2) is 26.5 Å². The maximum Gasteiger partial charge on any atom is 0.252 e. The van der Waals surface area contributed by atoms with Crippen LogP contribution in [-0.2, 0) is 23.1 Å². The van der Waals surface area contributed by atoms with Crippen molar-refractivity contribution < 1.29 is 8.42 Å². The number of rotatable bonds is 6. The zero-order valence-corrected chi connectivity index (χ0v) is 20.4. The highest BCUT2D eigenvalue weighted by molar-refractivity contribution is 7.89. The molecule has 3 heterocycles. The molecule has 0 radical (unpaired) electrons. The van der Waals surface area contributed by atoms with E-state index >= 15 is 0 Å². The minimum absolute atomic E-state index is 0.0627. The van der Waals surface area contributed by atoms with Crippen LogP contribution in [0.3, 0.4) is 0 Å². The van der Waals surface area contributed by atoms with Crippen LogP contribution in [0, 0.1) is 13.8 Å². The molecule has 0 bridgehead atoms. The normalized spacial score (nSPS) is 12.2. The molecular weight excluding hydrogens is 476 g/mol. The Labute approximate surface area is 198 Å². The molecule has 0 amide bonds. The van der Waals surface area contributed by atoms with Crippen LogP contribution in [0.25, 0.3) is 21.9 Å². The molecule has 2 aromatic carbocycles. The molecule has 168 valence electrons. The van der Waals surface area contributed by atoms with E-state index in [0.29, 0.717) is 22.2 Å². The predicted molar refractivity (Wildman–Crippen MR) is 132 cm³/mol. The van der Waals surface area contributed by atoms with E-state index in [4.69, 9.17) is 0 Å². The Kier molecular flexibility index (Phi) is 5.61. The number of nitrogens with one attached hydrogen (secondary N) is 1. The second-order valence-electron chi connectivity index (χ2n) is 7.86. The second kappa shape index (κ2) is 8.45. The first-order valence-electron chi connectivity index (χ1n) is 10.2. The quantitative estimate of drug-likeness (QED) is 0.371. The van der Waals surface area contributed by atoms with Gasteiger partial charge in [0.15, 0.2) is 0 Å². The highest BCUT2D eigenvalue weighted by Gasteiger charge is 2.31. The van der Waals surface area contributed by atoms with E-state index in [1.54, 1.807) is 25.1 Å². The number of hydrogen-bond donors (Lipinski definition) is 1. The Morgan fingerprint density at radius 1 is 1.00 bits per heavy atom. The summed E-state index contributed by atoms with van der Waals surface area (Å²) >= 11 is 2.46. The van der Waals surface area contributed by atoms with Gasteiger partial charge in [-0.2, -0.15) is 13.1 Å². The van der Waals surface area contributed by atoms with Crippen molar-refractivity contribution in [2.75, 3.05) is 0 Å². The average Bonchev–Trinajstić information content (AvgIpc) is 3.46. The van der Waals surface area contributed by atoms with Gasteiger partial charge in [0.1, 0.15) is 15.9 Å². The van der Waals surface area contributed by atoms with Gasteiger partial charge in [0.2, 0.25) is 10.0 Å². The Hall–Kier alpha value is -2.92. The minimum atomic E-state index is -3.99. The van der Waals surface area contributed by atoms with Crippen LogP contribution >= 0.6 is 23.1 Å². The molecule has 0 spiro atoms. The maximum atomic E-state index is 14.0. The third-order valence-corrected chi connectivity index (χ3v) is 8.97. The van der Waals surface area contributed by atoms with E-state index in [1.807, 2.05) is 42.6 Å². The third-order valence-electron chi connectivity index (χ3n) is 5.60. The maximum absolute atomic E-state index is 14.0. The molecule has 0 aliphatic carbocycles. The number of thiophene rings is 1. The van der Waals surface area contributed by atoms with Crippen molar-refractivity contribution in [2.24, 2.45) is 0 Å². The summed E-state index contributed by atoms with van der Waals surface area (Å²) in [4.78, 5) is 16.9. The molecule has 0 aliphatic rings. The van der Waals surface area contributed by atoms with E-state index in [0.717, 1.165) is 33.1 Å². The number of aromatic amines is 1. The molecule has 5 aromatic rings. The zero-order valence-electron chi connectivity index (χ0n) is 17.9. The average molecular weight is 497 g/mol. The van der Waals surface area contributed by atoms with Crippen molar-refractivity contribution in [1.29, 1.82) is 0 Å². The van der Waals surface area contributed by atoms with Crippen molar-refractivity contribution in [1.82, 2.24) is 18.0 Å². The molecular formula is C23H20N4O3S3. The fourth-order valence-electron chi connectivity index (χ4n) is 3.92. The molecule has 3 aromatic heterocycles. The molecule has 0 aliphatic heterocycles. The third kappa shape index (κ3) is 3.99. The van der Waals surface area contributed by atoms with Gasteiger partial charge in [0.25, 0.3) is 5.56 Å². The van der Waals surface area contributed by atoms with E-state index < -0.39 is 10.0 Å². The lowest BCUT2D eigenvalue weighted by Gasteiger charge is -2.23. The molecule has 0 atom stereocenters. The van der Waals surface area contributed by atoms with Crippen molar-refractivity contribution in [3.8, 4) is 0 Å². The highest BCUT2D eigenvalue weighted by atomic mass is 32.2. The van der Waals surface area contributed by atoms with E-state index in [-0.39, 0.29) is 23.5 Å². The van der Waals surface area contributed by atoms with E-state index in [2.05, 4.69) is 13.7 Å². The standard InChI is InChI=1S/C23H20N4O3S3/c1-14-5-3-6-16-11-17(23(28)24-20(14)16)12-27(13-18-7-4-10-31-18)33(29,30)22-15(2)8-9-19-21(22)26-32-25-19/h3-11H,12-13H2,1-2H3,(H,24,28). The van der Waals surface area contributed by atoms with Gasteiger partial charge in [-0.05, 0) is 53.9 Å². The highest BCUT2D eigenvalue weighted by Crippen LogP contribution is 2.30. The Morgan fingerprint density at radius 2 is 1.85 bits per heavy atom. The largest absolute Gasteiger partial charge is 0.321 e. The lowest BCUT2D eigenvalue weighted by Crippen LogP contribution is -2.33. The van der Waals surface area contributed by atoms with Gasteiger partial charge in [0.05, 0.1) is 17.2 Å². The lowest BCUT2D eigenvalue weighted by molar-refractivity contribution is 0.403. The number of aryl methyl sites for hydroxylation is 2. The first-order valence-corrected chi connectivity index (χ1v) is 13.3. The zero-order chi connectivity index (χ0) is 23.2. The number of benzene rings is 2. The van der Waals surface area contributed by atoms with Crippen LogP contribution in [0.2, 0.25) is 0 Å². The summed E-state index contributed by atoms with van der Waals surface area (Å²) in [6.45, 7) is 3.77. The van der Waals surface area contributed by atoms with Gasteiger partial charge in [-0.1, -0.05) is 30.3 Å². The first kappa shape index (κ1) is 21.9. The number of nitrogens with zero attached hydrogens (tertiary/aromatic N) is 3. The number of fused-ring (bicyclic) bond motifs is 2. The molecule has 0 unspecified atom stereocenters. The van der Waals surface area contributed by atoms with Crippen molar-refractivity contribution >= 4 is 55.0 Å². The molecule has 0 fully saturated rings. The lowest BCUT2D eigenvalue weighted by atomic mass is 10.1. The van der Waals surface area contributed by atoms with E-state index in [9.17, 15) is 13.2 Å². The molecule has 5 rings (SSSR count).